The third-order valence-corrected chi connectivity index (χ3v) is 4.00. The molecule has 0 radical (unpaired) electrons. The molecule has 96 valence electrons. The van der Waals surface area contributed by atoms with E-state index >= 15 is 0 Å². The molecule has 0 aromatic carbocycles. The zero-order chi connectivity index (χ0) is 11.8. The Bertz CT molecular complexity index is 177. The second-order valence-corrected chi connectivity index (χ2v) is 5.48. The van der Waals surface area contributed by atoms with Crippen LogP contribution in [0.1, 0.15) is 51.4 Å². The highest BCUT2D eigenvalue weighted by atomic mass is 32.1. The van der Waals surface area contributed by atoms with Crippen molar-refractivity contribution in [2.75, 3.05) is 19.3 Å². The highest BCUT2D eigenvalue weighted by Gasteiger charge is 2.25. The first kappa shape index (κ1) is 14.3. The number of nitrogens with zero attached hydrogens (tertiary/aromatic N) is 1. The molecule has 3 heteroatoms. The first-order valence-electron chi connectivity index (χ1n) is 6.75. The first-order valence-corrected chi connectivity index (χ1v) is 7.38. The lowest BCUT2D eigenvalue weighted by atomic mass is 9.91. The molecule has 0 spiro atoms. The average molecular weight is 245 g/mol. The van der Waals surface area contributed by atoms with Crippen LogP contribution in [0.2, 0.25) is 0 Å². The molecule has 2 nitrogen and oxygen atoms in total. The summed E-state index contributed by atoms with van der Waals surface area (Å²) in [5, 5.41) is 9.93. The minimum absolute atomic E-state index is 0.0869. The Balaban J connectivity index is 2.10. The van der Waals surface area contributed by atoms with Gasteiger partial charge >= 0.3 is 0 Å². The normalized spacial score (nSPS) is 26.2. The van der Waals surface area contributed by atoms with Crippen LogP contribution in [0.3, 0.4) is 0 Å². The van der Waals surface area contributed by atoms with Crippen molar-refractivity contribution in [1.82, 2.24) is 4.90 Å². The van der Waals surface area contributed by atoms with Gasteiger partial charge in [-0.25, -0.2) is 0 Å². The van der Waals surface area contributed by atoms with Crippen LogP contribution in [-0.4, -0.2) is 41.5 Å². The smallest absolute Gasteiger partial charge is 0.0695 e. The van der Waals surface area contributed by atoms with Gasteiger partial charge in [-0.1, -0.05) is 25.7 Å². The van der Waals surface area contributed by atoms with E-state index in [9.17, 15) is 5.11 Å². The van der Waals surface area contributed by atoms with E-state index in [0.29, 0.717) is 6.04 Å². The fourth-order valence-corrected chi connectivity index (χ4v) is 2.82. The highest BCUT2D eigenvalue weighted by Crippen LogP contribution is 2.22. The molecule has 0 bridgehead atoms. The molecule has 1 N–H and O–H groups in total. The Labute approximate surface area is 106 Å². The summed E-state index contributed by atoms with van der Waals surface area (Å²) in [4.78, 5) is 2.37. The van der Waals surface area contributed by atoms with E-state index in [2.05, 4.69) is 24.6 Å². The summed E-state index contributed by atoms with van der Waals surface area (Å²) in [5.74, 6) is 1.01. The molecule has 0 aromatic heterocycles. The van der Waals surface area contributed by atoms with Crippen molar-refractivity contribution in [3.63, 3.8) is 0 Å². The topological polar surface area (TPSA) is 23.5 Å². The fraction of sp³-hybridized carbons (Fsp3) is 1.00. The minimum Gasteiger partial charge on any atom is -0.391 e. The van der Waals surface area contributed by atoms with Crippen LogP contribution in [0.5, 0.6) is 0 Å². The highest BCUT2D eigenvalue weighted by molar-refractivity contribution is 7.80. The van der Waals surface area contributed by atoms with Crippen molar-refractivity contribution in [1.29, 1.82) is 0 Å². The SMILES string of the molecule is CN(CCCCCCS)C1CCCCC1O. The van der Waals surface area contributed by atoms with E-state index in [4.69, 9.17) is 0 Å². The third-order valence-electron chi connectivity index (χ3n) is 3.68. The van der Waals surface area contributed by atoms with Gasteiger partial charge in [-0.15, -0.1) is 0 Å². The Morgan fingerprint density at radius 1 is 1.12 bits per heavy atom. The Morgan fingerprint density at radius 2 is 1.81 bits per heavy atom. The number of hydrogen-bond donors (Lipinski definition) is 2. The minimum atomic E-state index is -0.0869. The molecule has 2 unspecified atom stereocenters. The van der Waals surface area contributed by atoms with Gasteiger partial charge in [0.1, 0.15) is 0 Å². The lowest BCUT2D eigenvalue weighted by molar-refractivity contribution is 0.0316. The van der Waals surface area contributed by atoms with E-state index in [0.717, 1.165) is 18.7 Å². The van der Waals surface area contributed by atoms with Crippen molar-refractivity contribution in [3.05, 3.63) is 0 Å². The summed E-state index contributed by atoms with van der Waals surface area (Å²) in [5.41, 5.74) is 0. The maximum atomic E-state index is 9.93. The van der Waals surface area contributed by atoms with Crippen molar-refractivity contribution in [3.8, 4) is 0 Å². The number of likely N-dealkylation sites (N-methyl/N-ethyl adjacent to an activating group) is 1. The van der Waals surface area contributed by atoms with Crippen LogP contribution in [-0.2, 0) is 0 Å². The predicted octanol–water partition coefficient (Wildman–Crippen LogP) is 2.71. The number of aliphatic hydroxyl groups excluding tert-OH is 1. The second kappa shape index (κ2) is 8.37. The lowest BCUT2D eigenvalue weighted by Gasteiger charge is -2.35. The van der Waals surface area contributed by atoms with Crippen molar-refractivity contribution >= 4 is 12.6 Å². The molecule has 1 rings (SSSR count). The maximum Gasteiger partial charge on any atom is 0.0695 e. The number of rotatable bonds is 7. The lowest BCUT2D eigenvalue weighted by Crippen LogP contribution is -2.43. The summed E-state index contributed by atoms with van der Waals surface area (Å²) >= 11 is 4.21. The van der Waals surface area contributed by atoms with Gasteiger partial charge in [0.05, 0.1) is 6.10 Å². The molecule has 1 fully saturated rings. The number of unbranched alkanes of at least 4 members (excludes halogenated alkanes) is 3. The van der Waals surface area contributed by atoms with Crippen molar-refractivity contribution < 1.29 is 5.11 Å². The molecular formula is C13H27NOS. The monoisotopic (exact) mass is 245 g/mol. The fourth-order valence-electron chi connectivity index (χ4n) is 2.60. The van der Waals surface area contributed by atoms with Gasteiger partial charge in [0.15, 0.2) is 0 Å². The maximum absolute atomic E-state index is 9.93. The Kier molecular flexibility index (Phi) is 7.50. The molecule has 0 heterocycles. The number of thiol groups is 1. The third kappa shape index (κ3) is 5.07. The Morgan fingerprint density at radius 3 is 2.50 bits per heavy atom. The zero-order valence-electron chi connectivity index (χ0n) is 10.6. The predicted molar refractivity (Wildman–Crippen MR) is 73.2 cm³/mol. The molecule has 0 aromatic rings. The van der Waals surface area contributed by atoms with Gasteiger partial charge < -0.3 is 10.0 Å². The molecule has 1 aliphatic rings. The number of aliphatic hydroxyl groups is 1. The Hall–Kier alpha value is 0.270. The van der Waals surface area contributed by atoms with Crippen LogP contribution in [0.15, 0.2) is 0 Å². The quantitative estimate of drug-likeness (QED) is 0.532. The van der Waals surface area contributed by atoms with Crippen LogP contribution in [0.25, 0.3) is 0 Å². The largest absolute Gasteiger partial charge is 0.391 e. The molecule has 16 heavy (non-hydrogen) atoms. The van der Waals surface area contributed by atoms with E-state index in [-0.39, 0.29) is 6.10 Å². The molecule has 0 amide bonds. The summed E-state index contributed by atoms with van der Waals surface area (Å²) in [6, 6.07) is 0.415. The van der Waals surface area contributed by atoms with Crippen LogP contribution in [0, 0.1) is 0 Å². The van der Waals surface area contributed by atoms with Crippen LogP contribution >= 0.6 is 12.6 Å². The van der Waals surface area contributed by atoms with E-state index in [1.54, 1.807) is 0 Å². The second-order valence-electron chi connectivity index (χ2n) is 5.04. The molecule has 0 aliphatic heterocycles. The molecule has 0 saturated heterocycles. The van der Waals surface area contributed by atoms with Gasteiger partial charge in [-0.05, 0) is 45.0 Å². The molecule has 1 aliphatic carbocycles. The van der Waals surface area contributed by atoms with Gasteiger partial charge in [0, 0.05) is 6.04 Å². The van der Waals surface area contributed by atoms with Crippen LogP contribution in [0.4, 0.5) is 0 Å². The summed E-state index contributed by atoms with van der Waals surface area (Å²) in [6.07, 6.45) is 9.66. The summed E-state index contributed by atoms with van der Waals surface area (Å²) in [7, 11) is 2.16. The van der Waals surface area contributed by atoms with Gasteiger partial charge in [-0.3, -0.25) is 0 Å². The molecular weight excluding hydrogens is 218 g/mol. The van der Waals surface area contributed by atoms with Gasteiger partial charge in [0.2, 0.25) is 0 Å². The summed E-state index contributed by atoms with van der Waals surface area (Å²) in [6.45, 7) is 1.13. The van der Waals surface area contributed by atoms with Gasteiger partial charge in [-0.2, -0.15) is 12.6 Å². The van der Waals surface area contributed by atoms with E-state index in [1.807, 2.05) is 0 Å². The average Bonchev–Trinajstić information content (AvgIpc) is 2.29. The molecule has 1 saturated carbocycles. The molecule has 2 atom stereocenters. The van der Waals surface area contributed by atoms with E-state index < -0.39 is 0 Å². The first-order chi connectivity index (χ1) is 7.75. The number of hydrogen-bond acceptors (Lipinski definition) is 3. The van der Waals surface area contributed by atoms with Crippen LogP contribution < -0.4 is 0 Å². The van der Waals surface area contributed by atoms with Gasteiger partial charge in [0.25, 0.3) is 0 Å². The van der Waals surface area contributed by atoms with Crippen molar-refractivity contribution in [2.45, 2.75) is 63.5 Å². The summed E-state index contributed by atoms with van der Waals surface area (Å²) < 4.78 is 0. The van der Waals surface area contributed by atoms with E-state index in [1.165, 1.54) is 44.9 Å². The standard InChI is InChI=1S/C13H27NOS/c1-14(10-6-2-3-7-11-16)12-8-4-5-9-13(12)15/h12-13,15-16H,2-11H2,1H3. The zero-order valence-corrected chi connectivity index (χ0v) is 11.5. The van der Waals surface area contributed by atoms with Crippen molar-refractivity contribution in [2.24, 2.45) is 0 Å².